The lowest BCUT2D eigenvalue weighted by Gasteiger charge is -2.12. The van der Waals surface area contributed by atoms with E-state index in [2.05, 4.69) is 27.3 Å². The Hall–Kier alpha value is -2.17. The minimum absolute atomic E-state index is 0.532. The number of nitrogens with zero attached hydrogens (tertiary/aromatic N) is 3. The number of likely N-dealkylation sites (N-methyl/N-ethyl adjacent to an activating group) is 1. The van der Waals surface area contributed by atoms with Gasteiger partial charge in [0.1, 0.15) is 5.84 Å². The minimum Gasteiger partial charge on any atom is -0.342 e. The molecule has 0 fully saturated rings. The third-order valence-electron chi connectivity index (χ3n) is 3.80. The standard InChI is InChI=1S/C19H21ClN4/c1-24(2)11-10-21-18-13-22-19(14-6-4-3-5-7-14)16-12-15(20)8-9-17(16)23-18/h3-9,12H,10-11,13H2,1-2H3,(H,21,23). The van der Waals surface area contributed by atoms with Crippen molar-refractivity contribution in [3.63, 3.8) is 0 Å². The Labute approximate surface area is 147 Å². The molecular formula is C19H21ClN4. The van der Waals surface area contributed by atoms with E-state index in [4.69, 9.17) is 16.6 Å². The molecule has 1 aliphatic heterocycles. The molecule has 2 aromatic rings. The minimum atomic E-state index is 0.532. The van der Waals surface area contributed by atoms with E-state index in [1.807, 2.05) is 50.5 Å². The predicted octanol–water partition coefficient (Wildman–Crippen LogP) is 3.56. The highest BCUT2D eigenvalue weighted by molar-refractivity contribution is 6.32. The number of nitrogens with one attached hydrogen (secondary N) is 1. The third-order valence-corrected chi connectivity index (χ3v) is 4.03. The van der Waals surface area contributed by atoms with Gasteiger partial charge in [0.25, 0.3) is 0 Å². The van der Waals surface area contributed by atoms with Crippen molar-refractivity contribution in [2.24, 2.45) is 9.98 Å². The zero-order chi connectivity index (χ0) is 16.9. The molecule has 3 rings (SSSR count). The van der Waals surface area contributed by atoms with E-state index in [9.17, 15) is 0 Å². The molecule has 0 amide bonds. The SMILES string of the molecule is CN(C)CCN=C1CN=C(c2ccccc2)c2cc(Cl)ccc2N1. The maximum atomic E-state index is 6.22. The first-order chi connectivity index (χ1) is 11.6. The molecule has 4 nitrogen and oxygen atoms in total. The van der Waals surface area contributed by atoms with Crippen LogP contribution in [0.5, 0.6) is 0 Å². The molecule has 0 saturated carbocycles. The van der Waals surface area contributed by atoms with Gasteiger partial charge in [-0.25, -0.2) is 0 Å². The quantitative estimate of drug-likeness (QED) is 0.924. The number of rotatable bonds is 4. The van der Waals surface area contributed by atoms with Gasteiger partial charge in [-0.15, -0.1) is 0 Å². The van der Waals surface area contributed by atoms with Crippen LogP contribution in [0.1, 0.15) is 11.1 Å². The molecule has 0 saturated heterocycles. The Morgan fingerprint density at radius 2 is 1.96 bits per heavy atom. The number of hydrogen-bond donors (Lipinski definition) is 1. The second-order valence-corrected chi connectivity index (χ2v) is 6.41. The van der Waals surface area contributed by atoms with Gasteiger partial charge < -0.3 is 10.2 Å². The molecule has 0 aliphatic carbocycles. The predicted molar refractivity (Wildman–Crippen MR) is 103 cm³/mol. The van der Waals surface area contributed by atoms with Crippen LogP contribution >= 0.6 is 11.6 Å². The van der Waals surface area contributed by atoms with Crippen molar-refractivity contribution in [3.8, 4) is 0 Å². The molecule has 5 heteroatoms. The molecule has 0 radical (unpaired) electrons. The van der Waals surface area contributed by atoms with Gasteiger partial charge in [-0.3, -0.25) is 9.98 Å². The number of amidine groups is 1. The second-order valence-electron chi connectivity index (χ2n) is 5.98. The fourth-order valence-electron chi connectivity index (χ4n) is 2.57. The van der Waals surface area contributed by atoms with E-state index in [0.29, 0.717) is 11.6 Å². The van der Waals surface area contributed by atoms with Crippen LogP contribution < -0.4 is 5.32 Å². The Bertz CT molecular complexity index is 766. The summed E-state index contributed by atoms with van der Waals surface area (Å²) >= 11 is 6.22. The molecule has 0 unspecified atom stereocenters. The smallest absolute Gasteiger partial charge is 0.123 e. The van der Waals surface area contributed by atoms with Crippen LogP contribution in [0.25, 0.3) is 0 Å². The van der Waals surface area contributed by atoms with Crippen molar-refractivity contribution in [3.05, 3.63) is 64.7 Å². The van der Waals surface area contributed by atoms with E-state index in [1.54, 1.807) is 0 Å². The van der Waals surface area contributed by atoms with E-state index < -0.39 is 0 Å². The lowest BCUT2D eigenvalue weighted by atomic mass is 10.0. The van der Waals surface area contributed by atoms with Crippen molar-refractivity contribution in [1.82, 2.24) is 4.90 Å². The zero-order valence-corrected chi connectivity index (χ0v) is 14.7. The normalized spacial score (nSPS) is 15.7. The Kier molecular flexibility index (Phi) is 5.28. The van der Waals surface area contributed by atoms with Crippen LogP contribution in [0.4, 0.5) is 5.69 Å². The van der Waals surface area contributed by atoms with Crippen molar-refractivity contribution in [2.75, 3.05) is 39.0 Å². The molecule has 0 atom stereocenters. The highest BCUT2D eigenvalue weighted by Crippen LogP contribution is 2.26. The molecule has 0 aromatic heterocycles. The van der Waals surface area contributed by atoms with Crippen LogP contribution in [-0.2, 0) is 0 Å². The summed E-state index contributed by atoms with van der Waals surface area (Å²) in [6.07, 6.45) is 0. The Morgan fingerprint density at radius 1 is 1.17 bits per heavy atom. The van der Waals surface area contributed by atoms with Gasteiger partial charge in [-0.05, 0) is 32.3 Å². The highest BCUT2D eigenvalue weighted by Gasteiger charge is 2.17. The average Bonchev–Trinajstić information content (AvgIpc) is 2.74. The van der Waals surface area contributed by atoms with E-state index in [0.717, 1.165) is 41.5 Å². The lowest BCUT2D eigenvalue weighted by molar-refractivity contribution is 0.420. The van der Waals surface area contributed by atoms with Gasteiger partial charge in [0.15, 0.2) is 0 Å². The number of hydrogen-bond acceptors (Lipinski definition) is 3. The van der Waals surface area contributed by atoms with Gasteiger partial charge >= 0.3 is 0 Å². The summed E-state index contributed by atoms with van der Waals surface area (Å²) in [5.41, 5.74) is 4.02. The van der Waals surface area contributed by atoms with Gasteiger partial charge in [-0.1, -0.05) is 41.9 Å². The second kappa shape index (κ2) is 7.60. The van der Waals surface area contributed by atoms with Crippen molar-refractivity contribution < 1.29 is 0 Å². The number of anilines is 1. The Balaban J connectivity index is 1.98. The summed E-state index contributed by atoms with van der Waals surface area (Å²) in [7, 11) is 4.09. The number of fused-ring (bicyclic) bond motifs is 1. The molecule has 0 spiro atoms. The largest absolute Gasteiger partial charge is 0.342 e. The summed E-state index contributed by atoms with van der Waals surface area (Å²) in [6.45, 7) is 2.19. The maximum absolute atomic E-state index is 6.22. The van der Waals surface area contributed by atoms with Crippen LogP contribution in [-0.4, -0.2) is 50.2 Å². The molecule has 1 N–H and O–H groups in total. The van der Waals surface area contributed by atoms with Crippen LogP contribution in [0.15, 0.2) is 58.5 Å². The van der Waals surface area contributed by atoms with E-state index in [-0.39, 0.29) is 0 Å². The van der Waals surface area contributed by atoms with Crippen LogP contribution in [0.3, 0.4) is 0 Å². The first-order valence-electron chi connectivity index (χ1n) is 7.98. The number of aliphatic imine (C=N–C) groups is 2. The summed E-state index contributed by atoms with van der Waals surface area (Å²) < 4.78 is 0. The summed E-state index contributed by atoms with van der Waals surface area (Å²) in [4.78, 5) is 11.6. The first kappa shape index (κ1) is 16.7. The lowest BCUT2D eigenvalue weighted by Crippen LogP contribution is -2.20. The molecule has 1 aliphatic rings. The van der Waals surface area contributed by atoms with E-state index in [1.165, 1.54) is 0 Å². The maximum Gasteiger partial charge on any atom is 0.123 e. The summed E-state index contributed by atoms with van der Waals surface area (Å²) in [5, 5.41) is 4.12. The number of benzene rings is 2. The van der Waals surface area contributed by atoms with Crippen molar-refractivity contribution in [2.45, 2.75) is 0 Å². The monoisotopic (exact) mass is 340 g/mol. The molecular weight excluding hydrogens is 320 g/mol. The van der Waals surface area contributed by atoms with Gasteiger partial charge in [0.2, 0.25) is 0 Å². The molecule has 1 heterocycles. The Morgan fingerprint density at radius 3 is 2.71 bits per heavy atom. The molecule has 2 aromatic carbocycles. The topological polar surface area (TPSA) is 40.0 Å². The summed E-state index contributed by atoms with van der Waals surface area (Å²) in [5.74, 6) is 0.881. The molecule has 0 bridgehead atoms. The molecule has 24 heavy (non-hydrogen) atoms. The summed E-state index contributed by atoms with van der Waals surface area (Å²) in [6, 6.07) is 16.0. The van der Waals surface area contributed by atoms with Crippen LogP contribution in [0.2, 0.25) is 5.02 Å². The number of benzodiazepines with no additional fused rings is 1. The molecule has 124 valence electrons. The van der Waals surface area contributed by atoms with Gasteiger partial charge in [-0.2, -0.15) is 0 Å². The first-order valence-corrected chi connectivity index (χ1v) is 8.36. The van der Waals surface area contributed by atoms with Crippen molar-refractivity contribution in [1.29, 1.82) is 0 Å². The van der Waals surface area contributed by atoms with Gasteiger partial charge in [0.05, 0.1) is 18.8 Å². The number of halogens is 1. The van der Waals surface area contributed by atoms with Crippen LogP contribution in [0, 0.1) is 0 Å². The van der Waals surface area contributed by atoms with Crippen molar-refractivity contribution >= 4 is 28.8 Å². The zero-order valence-electron chi connectivity index (χ0n) is 14.0. The highest BCUT2D eigenvalue weighted by atomic mass is 35.5. The third kappa shape index (κ3) is 4.02. The van der Waals surface area contributed by atoms with E-state index >= 15 is 0 Å². The van der Waals surface area contributed by atoms with Gasteiger partial charge in [0, 0.05) is 28.4 Å². The fourth-order valence-corrected chi connectivity index (χ4v) is 2.74. The average molecular weight is 341 g/mol. The fraction of sp³-hybridized carbons (Fsp3) is 0.263.